The smallest absolute Gasteiger partial charge is 0.229 e. The summed E-state index contributed by atoms with van der Waals surface area (Å²) in [5, 5.41) is 12.2. The number of halogens is 1. The molecule has 88 valence electrons. The average Bonchev–Trinajstić information content (AvgIpc) is 2.16. The third-order valence-corrected chi connectivity index (χ3v) is 2.22. The van der Waals surface area contributed by atoms with Crippen molar-refractivity contribution < 1.29 is 9.90 Å². The molecule has 4 nitrogen and oxygen atoms in total. The van der Waals surface area contributed by atoms with Crippen molar-refractivity contribution in [1.29, 1.82) is 0 Å². The van der Waals surface area contributed by atoms with Crippen molar-refractivity contribution in [2.45, 2.75) is 27.4 Å². The molecule has 16 heavy (non-hydrogen) atoms. The first kappa shape index (κ1) is 12.9. The van der Waals surface area contributed by atoms with Crippen molar-refractivity contribution in [2.24, 2.45) is 5.41 Å². The van der Waals surface area contributed by atoms with Crippen LogP contribution in [-0.4, -0.2) is 16.0 Å². The van der Waals surface area contributed by atoms with Gasteiger partial charge in [-0.25, -0.2) is 0 Å². The molecule has 0 saturated heterocycles. The van der Waals surface area contributed by atoms with Crippen LogP contribution in [0.5, 0.6) is 0 Å². The summed E-state index contributed by atoms with van der Waals surface area (Å²) in [4.78, 5) is 15.7. The van der Waals surface area contributed by atoms with Crippen LogP contribution in [0.2, 0.25) is 5.02 Å². The number of hydrogen-bond acceptors (Lipinski definition) is 3. The van der Waals surface area contributed by atoms with Crippen LogP contribution in [-0.2, 0) is 11.4 Å². The maximum Gasteiger partial charge on any atom is 0.229 e. The second-order valence-electron chi connectivity index (χ2n) is 4.51. The molecule has 1 aromatic rings. The van der Waals surface area contributed by atoms with Crippen molar-refractivity contribution in [3.05, 3.63) is 23.0 Å². The maximum atomic E-state index is 11.7. The number of nitrogens with one attached hydrogen (secondary N) is 1. The molecule has 2 N–H and O–H groups in total. The number of rotatable bonds is 2. The molecule has 1 rings (SSSR count). The average molecular weight is 243 g/mol. The van der Waals surface area contributed by atoms with E-state index in [1.54, 1.807) is 26.8 Å². The Morgan fingerprint density at radius 3 is 2.69 bits per heavy atom. The number of aliphatic hydroxyl groups is 1. The van der Waals surface area contributed by atoms with E-state index < -0.39 is 5.41 Å². The van der Waals surface area contributed by atoms with Gasteiger partial charge in [0.05, 0.1) is 23.0 Å². The van der Waals surface area contributed by atoms with E-state index >= 15 is 0 Å². The van der Waals surface area contributed by atoms with Gasteiger partial charge in [0.25, 0.3) is 0 Å². The minimum atomic E-state index is -0.505. The van der Waals surface area contributed by atoms with Gasteiger partial charge < -0.3 is 10.4 Å². The van der Waals surface area contributed by atoms with Gasteiger partial charge in [-0.05, 0) is 6.07 Å². The molecule has 5 heteroatoms. The summed E-state index contributed by atoms with van der Waals surface area (Å²) in [6.07, 6.45) is 1.43. The molecule has 1 aromatic heterocycles. The van der Waals surface area contributed by atoms with Gasteiger partial charge in [-0.3, -0.25) is 9.78 Å². The van der Waals surface area contributed by atoms with Gasteiger partial charge in [-0.1, -0.05) is 32.4 Å². The summed E-state index contributed by atoms with van der Waals surface area (Å²) < 4.78 is 0. The molecule has 0 spiro atoms. The van der Waals surface area contributed by atoms with E-state index in [0.29, 0.717) is 16.4 Å². The highest BCUT2D eigenvalue weighted by atomic mass is 35.5. The molecule has 0 aromatic carbocycles. The van der Waals surface area contributed by atoms with Crippen LogP contribution >= 0.6 is 11.6 Å². The first-order chi connectivity index (χ1) is 7.34. The third kappa shape index (κ3) is 3.18. The number of aliphatic hydroxyl groups excluding tert-OH is 1. The molecular formula is C11H15ClN2O2. The Morgan fingerprint density at radius 1 is 1.56 bits per heavy atom. The molecule has 1 heterocycles. The van der Waals surface area contributed by atoms with Crippen LogP contribution < -0.4 is 5.32 Å². The van der Waals surface area contributed by atoms with Crippen LogP contribution in [0.3, 0.4) is 0 Å². The second-order valence-corrected chi connectivity index (χ2v) is 4.95. The molecule has 0 atom stereocenters. The van der Waals surface area contributed by atoms with Crippen molar-refractivity contribution >= 4 is 23.2 Å². The van der Waals surface area contributed by atoms with Crippen LogP contribution in [0, 0.1) is 5.41 Å². The number of aromatic nitrogens is 1. The third-order valence-electron chi connectivity index (χ3n) is 2.02. The van der Waals surface area contributed by atoms with Gasteiger partial charge in [0.15, 0.2) is 0 Å². The van der Waals surface area contributed by atoms with Crippen molar-refractivity contribution in [1.82, 2.24) is 4.98 Å². The van der Waals surface area contributed by atoms with Gasteiger partial charge in [-0.15, -0.1) is 0 Å². The lowest BCUT2D eigenvalue weighted by atomic mass is 9.95. The van der Waals surface area contributed by atoms with Crippen molar-refractivity contribution in [3.8, 4) is 0 Å². The summed E-state index contributed by atoms with van der Waals surface area (Å²) in [6, 6.07) is 1.57. The van der Waals surface area contributed by atoms with Crippen LogP contribution in [0.15, 0.2) is 12.3 Å². The van der Waals surface area contributed by atoms with E-state index in [-0.39, 0.29) is 12.5 Å². The normalized spacial score (nSPS) is 11.3. The van der Waals surface area contributed by atoms with E-state index in [4.69, 9.17) is 16.7 Å². The zero-order chi connectivity index (χ0) is 12.3. The molecular weight excluding hydrogens is 228 g/mol. The van der Waals surface area contributed by atoms with Crippen molar-refractivity contribution in [2.75, 3.05) is 5.32 Å². The quantitative estimate of drug-likeness (QED) is 0.836. The predicted octanol–water partition coefficient (Wildman–Crippen LogP) is 2.21. The SMILES string of the molecule is CC(C)(C)C(=O)Nc1cc(Cl)cnc1CO. The topological polar surface area (TPSA) is 62.2 Å². The van der Waals surface area contributed by atoms with E-state index in [2.05, 4.69) is 10.3 Å². The highest BCUT2D eigenvalue weighted by Gasteiger charge is 2.22. The second kappa shape index (κ2) is 4.80. The summed E-state index contributed by atoms with van der Waals surface area (Å²) in [5.74, 6) is -0.147. The van der Waals surface area contributed by atoms with Gasteiger partial charge in [0.2, 0.25) is 5.91 Å². The number of carbonyl (C=O) groups is 1. The van der Waals surface area contributed by atoms with E-state index in [1.165, 1.54) is 6.20 Å². The number of anilines is 1. The van der Waals surface area contributed by atoms with Crippen LogP contribution in [0.4, 0.5) is 5.69 Å². The molecule has 0 aliphatic heterocycles. The number of carbonyl (C=O) groups excluding carboxylic acids is 1. The Labute approximate surface area is 99.6 Å². The molecule has 0 fully saturated rings. The lowest BCUT2D eigenvalue weighted by molar-refractivity contribution is -0.123. The Hall–Kier alpha value is -1.13. The molecule has 0 unspecified atom stereocenters. The fourth-order valence-electron chi connectivity index (χ4n) is 1.01. The van der Waals surface area contributed by atoms with Crippen LogP contribution in [0.25, 0.3) is 0 Å². The highest BCUT2D eigenvalue weighted by molar-refractivity contribution is 6.30. The van der Waals surface area contributed by atoms with Gasteiger partial charge in [-0.2, -0.15) is 0 Å². The first-order valence-corrected chi connectivity index (χ1v) is 5.29. The van der Waals surface area contributed by atoms with Crippen molar-refractivity contribution in [3.63, 3.8) is 0 Å². The fourth-order valence-corrected chi connectivity index (χ4v) is 1.17. The highest BCUT2D eigenvalue weighted by Crippen LogP contribution is 2.22. The molecule has 0 radical (unpaired) electrons. The molecule has 1 amide bonds. The van der Waals surface area contributed by atoms with Gasteiger partial charge in [0, 0.05) is 11.6 Å². The minimum Gasteiger partial charge on any atom is -0.390 e. The zero-order valence-electron chi connectivity index (χ0n) is 9.54. The summed E-state index contributed by atoms with van der Waals surface area (Å²) in [5.41, 5.74) is 0.353. The largest absolute Gasteiger partial charge is 0.390 e. The zero-order valence-corrected chi connectivity index (χ0v) is 10.3. The number of pyridine rings is 1. The summed E-state index contributed by atoms with van der Waals surface area (Å²) in [7, 11) is 0. The maximum absolute atomic E-state index is 11.7. The number of amides is 1. The minimum absolute atomic E-state index is 0.147. The summed E-state index contributed by atoms with van der Waals surface area (Å²) >= 11 is 5.78. The van der Waals surface area contributed by atoms with E-state index in [1.807, 2.05) is 0 Å². The molecule has 0 bridgehead atoms. The molecule has 0 aliphatic rings. The monoisotopic (exact) mass is 242 g/mol. The number of nitrogens with zero attached hydrogens (tertiary/aromatic N) is 1. The Balaban J connectivity index is 2.96. The van der Waals surface area contributed by atoms with Crippen LogP contribution in [0.1, 0.15) is 26.5 Å². The fraction of sp³-hybridized carbons (Fsp3) is 0.455. The Morgan fingerprint density at radius 2 is 2.19 bits per heavy atom. The standard InChI is InChI=1S/C11H15ClN2O2/c1-11(2,3)10(16)14-8-4-7(12)5-13-9(8)6-15/h4-5,15H,6H2,1-3H3,(H,14,16). The number of hydrogen-bond donors (Lipinski definition) is 2. The van der Waals surface area contributed by atoms with E-state index in [0.717, 1.165) is 0 Å². The Bertz CT molecular complexity index is 399. The Kier molecular flexibility index (Phi) is 3.88. The van der Waals surface area contributed by atoms with Gasteiger partial charge >= 0.3 is 0 Å². The predicted molar refractivity (Wildman–Crippen MR) is 63.3 cm³/mol. The lowest BCUT2D eigenvalue weighted by Crippen LogP contribution is -2.28. The molecule has 0 saturated carbocycles. The van der Waals surface area contributed by atoms with E-state index in [9.17, 15) is 4.79 Å². The molecule has 0 aliphatic carbocycles. The summed E-state index contributed by atoms with van der Waals surface area (Å²) in [6.45, 7) is 5.17. The first-order valence-electron chi connectivity index (χ1n) is 4.91. The lowest BCUT2D eigenvalue weighted by Gasteiger charge is -2.18. The van der Waals surface area contributed by atoms with Gasteiger partial charge in [0.1, 0.15) is 0 Å².